The fourth-order valence-corrected chi connectivity index (χ4v) is 2.42. The Morgan fingerprint density at radius 1 is 1.13 bits per heavy atom. The average Bonchev–Trinajstić information content (AvgIpc) is 2.57. The molecule has 5 nitrogen and oxygen atoms in total. The lowest BCUT2D eigenvalue weighted by molar-refractivity contribution is 0.0687. The van der Waals surface area contributed by atoms with Gasteiger partial charge in [0, 0.05) is 16.5 Å². The number of carboxylic acid groups (broad SMARTS) is 1. The molecule has 0 aliphatic rings. The summed E-state index contributed by atoms with van der Waals surface area (Å²) in [5.74, 6) is -0.946. The van der Waals surface area contributed by atoms with Gasteiger partial charge in [0.2, 0.25) is 0 Å². The Labute approximate surface area is 132 Å². The average molecular weight is 309 g/mol. The van der Waals surface area contributed by atoms with Gasteiger partial charge in [0.15, 0.2) is 11.4 Å². The van der Waals surface area contributed by atoms with Gasteiger partial charge in [0.25, 0.3) is 0 Å². The molecular formula is C18H15NO4. The first-order valence-electron chi connectivity index (χ1n) is 7.09. The number of aromatic nitrogens is 1. The van der Waals surface area contributed by atoms with Crippen molar-refractivity contribution < 1.29 is 19.7 Å². The molecule has 0 amide bonds. The van der Waals surface area contributed by atoms with Crippen molar-refractivity contribution in [2.75, 3.05) is 0 Å². The number of pyridine rings is 1. The first kappa shape index (κ1) is 14.8. The Morgan fingerprint density at radius 2 is 1.87 bits per heavy atom. The van der Waals surface area contributed by atoms with Gasteiger partial charge in [0.05, 0.1) is 0 Å². The van der Waals surface area contributed by atoms with Crippen LogP contribution in [-0.4, -0.2) is 21.2 Å². The number of rotatable bonds is 4. The van der Waals surface area contributed by atoms with Gasteiger partial charge in [-0.15, -0.1) is 0 Å². The molecular weight excluding hydrogens is 294 g/mol. The van der Waals surface area contributed by atoms with Gasteiger partial charge in [-0.25, -0.2) is 9.78 Å². The largest absolute Gasteiger partial charge is 0.505 e. The van der Waals surface area contributed by atoms with Crippen molar-refractivity contribution in [1.29, 1.82) is 0 Å². The summed E-state index contributed by atoms with van der Waals surface area (Å²) in [5.41, 5.74) is 1.24. The van der Waals surface area contributed by atoms with E-state index in [1.165, 1.54) is 0 Å². The summed E-state index contributed by atoms with van der Waals surface area (Å²) < 4.78 is 5.75. The molecule has 0 atom stereocenters. The van der Waals surface area contributed by atoms with E-state index in [9.17, 15) is 9.90 Å². The topological polar surface area (TPSA) is 79.7 Å². The van der Waals surface area contributed by atoms with Crippen LogP contribution in [0.4, 0.5) is 0 Å². The van der Waals surface area contributed by atoms with E-state index in [1.54, 1.807) is 25.1 Å². The number of carbonyl (C=O) groups is 1. The van der Waals surface area contributed by atoms with Gasteiger partial charge in [-0.1, -0.05) is 30.3 Å². The predicted octanol–water partition coefficient (Wildman–Crippen LogP) is 3.53. The van der Waals surface area contributed by atoms with E-state index in [4.69, 9.17) is 9.84 Å². The van der Waals surface area contributed by atoms with E-state index >= 15 is 0 Å². The van der Waals surface area contributed by atoms with Crippen LogP contribution in [0.2, 0.25) is 0 Å². The Balaban J connectivity index is 1.94. The zero-order chi connectivity index (χ0) is 16.4. The summed E-state index contributed by atoms with van der Waals surface area (Å²) in [6.45, 7) is 2.13. The molecule has 116 valence electrons. The Kier molecular flexibility index (Phi) is 3.85. The zero-order valence-corrected chi connectivity index (χ0v) is 12.5. The molecule has 1 heterocycles. The van der Waals surface area contributed by atoms with Crippen molar-refractivity contribution in [2.24, 2.45) is 0 Å². The highest BCUT2D eigenvalue weighted by Gasteiger charge is 2.17. The van der Waals surface area contributed by atoms with Crippen molar-refractivity contribution in [3.63, 3.8) is 0 Å². The number of hydrogen-bond donors (Lipinski definition) is 2. The molecule has 2 N–H and O–H groups in total. The lowest BCUT2D eigenvalue weighted by atomic mass is 10.1. The monoisotopic (exact) mass is 309 g/mol. The van der Waals surface area contributed by atoms with Crippen molar-refractivity contribution in [3.05, 3.63) is 65.5 Å². The second kappa shape index (κ2) is 5.96. The van der Waals surface area contributed by atoms with E-state index in [0.29, 0.717) is 28.8 Å². The number of benzene rings is 2. The molecule has 0 fully saturated rings. The normalized spacial score (nSPS) is 10.7. The fourth-order valence-electron chi connectivity index (χ4n) is 2.42. The predicted molar refractivity (Wildman–Crippen MR) is 85.9 cm³/mol. The smallest absolute Gasteiger partial charge is 0.358 e. The van der Waals surface area contributed by atoms with Crippen LogP contribution in [-0.2, 0) is 6.61 Å². The highest BCUT2D eigenvalue weighted by Crippen LogP contribution is 2.32. The number of nitrogens with zero attached hydrogens (tertiary/aromatic N) is 1. The van der Waals surface area contributed by atoms with Crippen LogP contribution in [0, 0.1) is 6.92 Å². The van der Waals surface area contributed by atoms with Crippen LogP contribution in [0.3, 0.4) is 0 Å². The first-order valence-corrected chi connectivity index (χ1v) is 7.09. The van der Waals surface area contributed by atoms with E-state index < -0.39 is 5.97 Å². The third-order valence-electron chi connectivity index (χ3n) is 3.59. The molecule has 3 aromatic rings. The minimum atomic E-state index is -1.25. The highest BCUT2D eigenvalue weighted by atomic mass is 16.5. The molecule has 0 aliphatic heterocycles. The van der Waals surface area contributed by atoms with Crippen LogP contribution < -0.4 is 4.74 Å². The van der Waals surface area contributed by atoms with Crippen LogP contribution in [0.5, 0.6) is 11.5 Å². The lowest BCUT2D eigenvalue weighted by Crippen LogP contribution is -2.03. The number of aromatic carboxylic acids is 1. The molecule has 2 aromatic carbocycles. The molecule has 0 bridgehead atoms. The summed E-state index contributed by atoms with van der Waals surface area (Å²) in [4.78, 5) is 15.1. The van der Waals surface area contributed by atoms with Crippen molar-refractivity contribution in [3.8, 4) is 11.5 Å². The standard InChI is InChI=1S/C18H15NO4/c1-11-15-9-13(23-10-12-5-3-2-4-6-12)7-8-14(15)17(20)16(19-11)18(21)22/h2-9,20H,10H2,1H3,(H,21,22). The Bertz CT molecular complexity index is 875. The summed E-state index contributed by atoms with van der Waals surface area (Å²) >= 11 is 0. The van der Waals surface area contributed by atoms with Gasteiger partial charge in [-0.3, -0.25) is 0 Å². The fraction of sp³-hybridized carbons (Fsp3) is 0.111. The van der Waals surface area contributed by atoms with Crippen LogP contribution >= 0.6 is 0 Å². The molecule has 3 rings (SSSR count). The highest BCUT2D eigenvalue weighted by molar-refractivity contribution is 5.99. The van der Waals surface area contributed by atoms with E-state index in [-0.39, 0.29) is 11.4 Å². The van der Waals surface area contributed by atoms with E-state index in [2.05, 4.69) is 4.98 Å². The van der Waals surface area contributed by atoms with Gasteiger partial charge >= 0.3 is 5.97 Å². The first-order chi connectivity index (χ1) is 11.1. The summed E-state index contributed by atoms with van der Waals surface area (Å²) in [6.07, 6.45) is 0. The lowest BCUT2D eigenvalue weighted by Gasteiger charge is -2.10. The van der Waals surface area contributed by atoms with Crippen LogP contribution in [0.1, 0.15) is 21.7 Å². The molecule has 0 spiro atoms. The summed E-state index contributed by atoms with van der Waals surface area (Å²) in [6, 6.07) is 14.9. The van der Waals surface area contributed by atoms with Gasteiger partial charge < -0.3 is 14.9 Å². The van der Waals surface area contributed by atoms with Crippen molar-refractivity contribution in [1.82, 2.24) is 4.98 Å². The summed E-state index contributed by atoms with van der Waals surface area (Å²) in [7, 11) is 0. The minimum absolute atomic E-state index is 0.326. The van der Waals surface area contributed by atoms with Gasteiger partial charge in [0.1, 0.15) is 12.4 Å². The second-order valence-electron chi connectivity index (χ2n) is 5.18. The summed E-state index contributed by atoms with van der Waals surface area (Å²) in [5, 5.41) is 20.2. The number of aryl methyl sites for hydroxylation is 1. The van der Waals surface area contributed by atoms with E-state index in [0.717, 1.165) is 5.56 Å². The molecule has 0 saturated heterocycles. The van der Waals surface area contributed by atoms with Crippen molar-refractivity contribution >= 4 is 16.7 Å². The maximum atomic E-state index is 11.1. The minimum Gasteiger partial charge on any atom is -0.505 e. The number of hydrogen-bond acceptors (Lipinski definition) is 4. The van der Waals surface area contributed by atoms with Gasteiger partial charge in [-0.05, 0) is 30.7 Å². The van der Waals surface area contributed by atoms with Gasteiger partial charge in [-0.2, -0.15) is 0 Å². The number of ether oxygens (including phenoxy) is 1. The molecule has 0 radical (unpaired) electrons. The Hall–Kier alpha value is -3.08. The Morgan fingerprint density at radius 3 is 2.57 bits per heavy atom. The van der Waals surface area contributed by atoms with Crippen LogP contribution in [0.25, 0.3) is 10.8 Å². The third-order valence-corrected chi connectivity index (χ3v) is 3.59. The SMILES string of the molecule is Cc1nc(C(=O)O)c(O)c2ccc(OCc3ccccc3)cc12. The number of fused-ring (bicyclic) bond motifs is 1. The van der Waals surface area contributed by atoms with Crippen LogP contribution in [0.15, 0.2) is 48.5 Å². The third kappa shape index (κ3) is 2.94. The molecule has 0 aliphatic carbocycles. The molecule has 1 aromatic heterocycles. The molecule has 5 heteroatoms. The van der Waals surface area contributed by atoms with Crippen molar-refractivity contribution in [2.45, 2.75) is 13.5 Å². The molecule has 23 heavy (non-hydrogen) atoms. The number of carboxylic acids is 1. The quantitative estimate of drug-likeness (QED) is 0.770. The number of aromatic hydroxyl groups is 1. The maximum absolute atomic E-state index is 11.1. The zero-order valence-electron chi connectivity index (χ0n) is 12.5. The second-order valence-corrected chi connectivity index (χ2v) is 5.18. The molecule has 0 unspecified atom stereocenters. The van der Waals surface area contributed by atoms with E-state index in [1.807, 2.05) is 30.3 Å². The molecule has 0 saturated carbocycles. The maximum Gasteiger partial charge on any atom is 0.358 e.